The summed E-state index contributed by atoms with van der Waals surface area (Å²) in [5.41, 5.74) is 2.44. The molecule has 35 heavy (non-hydrogen) atoms. The number of amides is 1. The highest BCUT2D eigenvalue weighted by atomic mass is 35.5. The minimum atomic E-state index is -4.06. The van der Waals surface area contributed by atoms with E-state index in [9.17, 15) is 13.2 Å². The number of hydrogen-bond donors (Lipinski definition) is 1. The van der Waals surface area contributed by atoms with Crippen molar-refractivity contribution in [1.29, 1.82) is 0 Å². The van der Waals surface area contributed by atoms with Crippen LogP contribution in [-0.4, -0.2) is 28.0 Å². The Morgan fingerprint density at radius 1 is 1.03 bits per heavy atom. The van der Waals surface area contributed by atoms with E-state index in [1.165, 1.54) is 30.9 Å². The molecule has 0 radical (unpaired) electrons. The van der Waals surface area contributed by atoms with Crippen molar-refractivity contribution in [2.75, 3.05) is 18.0 Å². The molecule has 1 atom stereocenters. The Balaban J connectivity index is 1.85. The molecule has 0 spiro atoms. The topological polar surface area (TPSA) is 75.7 Å². The number of ether oxygens (including phenoxy) is 1. The number of methoxy groups -OCH3 is 1. The Hall–Kier alpha value is -3.03. The second kappa shape index (κ2) is 10.7. The van der Waals surface area contributed by atoms with Gasteiger partial charge in [0.05, 0.1) is 23.7 Å². The molecule has 0 saturated heterocycles. The summed E-state index contributed by atoms with van der Waals surface area (Å²) in [4.78, 5) is 13.1. The zero-order valence-electron chi connectivity index (χ0n) is 20.6. The maximum atomic E-state index is 13.5. The number of carbonyl (C=O) groups excluding carboxylic acids is 1. The molecule has 0 aliphatic carbocycles. The molecule has 0 aliphatic rings. The van der Waals surface area contributed by atoms with Crippen molar-refractivity contribution in [3.05, 3.63) is 88.9 Å². The third-order valence-electron chi connectivity index (χ3n) is 5.69. The third kappa shape index (κ3) is 6.55. The first-order valence-corrected chi connectivity index (χ1v) is 13.1. The molecular weight excluding hydrogens is 484 g/mol. The van der Waals surface area contributed by atoms with E-state index in [1.54, 1.807) is 30.3 Å². The number of nitrogens with one attached hydrogen (secondary N) is 1. The van der Waals surface area contributed by atoms with E-state index in [4.69, 9.17) is 16.3 Å². The molecule has 0 bridgehead atoms. The van der Waals surface area contributed by atoms with E-state index >= 15 is 0 Å². The smallest absolute Gasteiger partial charge is 0.264 e. The van der Waals surface area contributed by atoms with E-state index in [0.29, 0.717) is 16.5 Å². The van der Waals surface area contributed by atoms with Crippen LogP contribution in [0.3, 0.4) is 0 Å². The van der Waals surface area contributed by atoms with Gasteiger partial charge in [0.2, 0.25) is 5.91 Å². The molecule has 186 valence electrons. The van der Waals surface area contributed by atoms with Gasteiger partial charge in [-0.05, 0) is 65.9 Å². The lowest BCUT2D eigenvalue weighted by Gasteiger charge is -2.25. The van der Waals surface area contributed by atoms with Crippen LogP contribution in [-0.2, 0) is 20.2 Å². The second-order valence-corrected chi connectivity index (χ2v) is 11.6. The normalized spacial score (nSPS) is 12.6. The van der Waals surface area contributed by atoms with Crippen molar-refractivity contribution in [3.8, 4) is 5.75 Å². The summed E-state index contributed by atoms with van der Waals surface area (Å²) in [6, 6.07) is 20.2. The summed E-state index contributed by atoms with van der Waals surface area (Å²) in [6.07, 6.45) is 0. The largest absolute Gasteiger partial charge is 0.497 e. The highest BCUT2D eigenvalue weighted by Gasteiger charge is 2.28. The van der Waals surface area contributed by atoms with Crippen molar-refractivity contribution < 1.29 is 17.9 Å². The predicted octanol–water partition coefficient (Wildman–Crippen LogP) is 5.72. The van der Waals surface area contributed by atoms with Crippen LogP contribution in [0.25, 0.3) is 0 Å². The molecular formula is C27H31ClN2O4S. The van der Waals surface area contributed by atoms with Gasteiger partial charge in [0.15, 0.2) is 0 Å². The van der Waals surface area contributed by atoms with Gasteiger partial charge in [-0.3, -0.25) is 9.10 Å². The number of rotatable bonds is 8. The predicted molar refractivity (Wildman–Crippen MR) is 141 cm³/mol. The van der Waals surface area contributed by atoms with E-state index in [1.807, 2.05) is 31.2 Å². The van der Waals surface area contributed by atoms with Crippen LogP contribution in [0.4, 0.5) is 5.69 Å². The molecule has 6 nitrogen and oxygen atoms in total. The zero-order valence-corrected chi connectivity index (χ0v) is 22.2. The molecule has 0 aliphatic heterocycles. The molecule has 3 aromatic rings. The average Bonchev–Trinajstić information content (AvgIpc) is 2.82. The molecule has 0 aromatic heterocycles. The second-order valence-electron chi connectivity index (χ2n) is 9.33. The van der Waals surface area contributed by atoms with Gasteiger partial charge < -0.3 is 10.1 Å². The molecule has 0 fully saturated rings. The van der Waals surface area contributed by atoms with Crippen molar-refractivity contribution in [3.63, 3.8) is 0 Å². The summed E-state index contributed by atoms with van der Waals surface area (Å²) in [5, 5.41) is 3.28. The lowest BCUT2D eigenvalue weighted by atomic mass is 9.86. The fourth-order valence-electron chi connectivity index (χ4n) is 3.59. The van der Waals surface area contributed by atoms with Crippen LogP contribution in [0.5, 0.6) is 5.75 Å². The molecule has 3 aromatic carbocycles. The summed E-state index contributed by atoms with van der Waals surface area (Å²) in [7, 11) is -2.55. The highest BCUT2D eigenvalue weighted by Crippen LogP contribution is 2.28. The fourth-order valence-corrected chi connectivity index (χ4v) is 5.19. The summed E-state index contributed by atoms with van der Waals surface area (Å²) >= 11 is 6.13. The molecule has 3 rings (SSSR count). The number of nitrogens with zero attached hydrogens (tertiary/aromatic N) is 1. The average molecular weight is 515 g/mol. The molecule has 0 saturated carbocycles. The van der Waals surface area contributed by atoms with Gasteiger partial charge in [-0.1, -0.05) is 62.7 Å². The molecule has 1 N–H and O–H groups in total. The first kappa shape index (κ1) is 26.6. The monoisotopic (exact) mass is 514 g/mol. The molecule has 8 heteroatoms. The lowest BCUT2D eigenvalue weighted by molar-refractivity contribution is -0.120. The van der Waals surface area contributed by atoms with Crippen molar-refractivity contribution in [1.82, 2.24) is 5.32 Å². The van der Waals surface area contributed by atoms with Crippen LogP contribution in [0.15, 0.2) is 77.7 Å². The molecule has 1 amide bonds. The summed E-state index contributed by atoms with van der Waals surface area (Å²) in [5.74, 6) is 0.0942. The number of carbonyl (C=O) groups is 1. The van der Waals surface area contributed by atoms with Gasteiger partial charge in [-0.2, -0.15) is 0 Å². The minimum absolute atomic E-state index is 0.0261. The van der Waals surface area contributed by atoms with E-state index in [2.05, 4.69) is 26.1 Å². The Kier molecular flexibility index (Phi) is 8.13. The molecule has 0 heterocycles. The Morgan fingerprint density at radius 2 is 1.66 bits per heavy atom. The highest BCUT2D eigenvalue weighted by molar-refractivity contribution is 7.92. The quantitative estimate of drug-likeness (QED) is 0.417. The molecule has 0 unspecified atom stereocenters. The van der Waals surface area contributed by atoms with Crippen molar-refractivity contribution >= 4 is 33.2 Å². The standard InChI is InChI=1S/C27H31ClN2O4S/c1-19(20-9-11-21(12-10-20)27(2,3)4)29-26(31)18-30(23-8-6-7-22(28)17-23)35(32,33)25-15-13-24(34-5)14-16-25/h6-17,19H,18H2,1-5H3,(H,29,31)/t19-/m0/s1. The van der Waals surface area contributed by atoms with E-state index < -0.39 is 22.5 Å². The Bertz CT molecular complexity index is 1270. The maximum absolute atomic E-state index is 13.5. The van der Waals surface area contributed by atoms with Gasteiger partial charge in [0.25, 0.3) is 10.0 Å². The van der Waals surface area contributed by atoms with Crippen LogP contribution in [0, 0.1) is 0 Å². The van der Waals surface area contributed by atoms with Gasteiger partial charge in [0, 0.05) is 5.02 Å². The van der Waals surface area contributed by atoms with Crippen LogP contribution in [0.2, 0.25) is 5.02 Å². The maximum Gasteiger partial charge on any atom is 0.264 e. The first-order chi connectivity index (χ1) is 16.4. The Morgan fingerprint density at radius 3 is 2.20 bits per heavy atom. The van der Waals surface area contributed by atoms with Gasteiger partial charge in [0.1, 0.15) is 12.3 Å². The number of benzene rings is 3. The first-order valence-electron chi connectivity index (χ1n) is 11.2. The SMILES string of the molecule is COc1ccc(S(=O)(=O)N(CC(=O)N[C@@H](C)c2ccc(C(C)(C)C)cc2)c2cccc(Cl)c2)cc1. The number of sulfonamides is 1. The van der Waals surface area contributed by atoms with E-state index in [0.717, 1.165) is 9.87 Å². The zero-order chi connectivity index (χ0) is 25.8. The lowest BCUT2D eigenvalue weighted by Crippen LogP contribution is -2.41. The summed E-state index contributed by atoms with van der Waals surface area (Å²) in [6.45, 7) is 7.88. The van der Waals surface area contributed by atoms with Gasteiger partial charge >= 0.3 is 0 Å². The third-order valence-corrected chi connectivity index (χ3v) is 7.71. The van der Waals surface area contributed by atoms with Crippen LogP contribution >= 0.6 is 11.6 Å². The number of anilines is 1. The number of hydrogen-bond acceptors (Lipinski definition) is 4. The van der Waals surface area contributed by atoms with Gasteiger partial charge in [-0.25, -0.2) is 8.42 Å². The number of halogens is 1. The van der Waals surface area contributed by atoms with Crippen LogP contribution in [0.1, 0.15) is 44.9 Å². The minimum Gasteiger partial charge on any atom is -0.497 e. The van der Waals surface area contributed by atoms with Crippen molar-refractivity contribution in [2.45, 2.75) is 44.0 Å². The van der Waals surface area contributed by atoms with Crippen molar-refractivity contribution in [2.24, 2.45) is 0 Å². The summed E-state index contributed by atoms with van der Waals surface area (Å²) < 4.78 is 33.2. The van der Waals surface area contributed by atoms with Crippen LogP contribution < -0.4 is 14.4 Å². The fraction of sp³-hybridized carbons (Fsp3) is 0.296. The van der Waals surface area contributed by atoms with E-state index in [-0.39, 0.29) is 16.4 Å². The van der Waals surface area contributed by atoms with Gasteiger partial charge in [-0.15, -0.1) is 0 Å². The Labute approximate surface area is 212 Å².